The van der Waals surface area contributed by atoms with Crippen molar-refractivity contribution in [3.05, 3.63) is 72.4 Å². The summed E-state index contributed by atoms with van der Waals surface area (Å²) < 4.78 is 1.64. The van der Waals surface area contributed by atoms with Gasteiger partial charge in [0.15, 0.2) is 0 Å². The molecule has 0 unspecified atom stereocenters. The Labute approximate surface area is 180 Å². The molecule has 7 heteroatoms. The third-order valence-corrected chi connectivity index (χ3v) is 5.67. The molecule has 2 amide bonds. The van der Waals surface area contributed by atoms with Crippen LogP contribution in [0.5, 0.6) is 0 Å². The van der Waals surface area contributed by atoms with Gasteiger partial charge in [-0.3, -0.25) is 20.4 Å². The van der Waals surface area contributed by atoms with Crippen molar-refractivity contribution in [3.63, 3.8) is 0 Å². The first kappa shape index (κ1) is 20.4. The lowest BCUT2D eigenvalue weighted by Crippen LogP contribution is -2.49. The van der Waals surface area contributed by atoms with Crippen LogP contribution in [0.4, 0.5) is 0 Å². The number of amides is 2. The van der Waals surface area contributed by atoms with Gasteiger partial charge in [0, 0.05) is 11.8 Å². The van der Waals surface area contributed by atoms with Gasteiger partial charge in [-0.25, -0.2) is 4.68 Å². The maximum absolute atomic E-state index is 13.0. The molecule has 7 nitrogen and oxygen atoms in total. The number of hydrazine groups is 1. The van der Waals surface area contributed by atoms with Crippen LogP contribution in [-0.4, -0.2) is 21.6 Å². The smallest absolute Gasteiger partial charge is 0.271 e. The van der Waals surface area contributed by atoms with Crippen LogP contribution >= 0.6 is 0 Å². The summed E-state index contributed by atoms with van der Waals surface area (Å²) in [5.74, 6) is -0.946. The molecule has 4 rings (SSSR count). The third-order valence-electron chi connectivity index (χ3n) is 5.67. The summed E-state index contributed by atoms with van der Waals surface area (Å²) in [5.41, 5.74) is 6.31. The molecule has 1 aromatic heterocycles. The van der Waals surface area contributed by atoms with Gasteiger partial charge in [0.05, 0.1) is 17.3 Å². The first-order valence-electron chi connectivity index (χ1n) is 10.4. The van der Waals surface area contributed by atoms with E-state index < -0.39 is 17.2 Å². The molecule has 0 atom stereocenters. The average molecular weight is 413 g/mol. The first-order chi connectivity index (χ1) is 15.1. The van der Waals surface area contributed by atoms with Crippen molar-refractivity contribution in [2.24, 2.45) is 5.41 Å². The summed E-state index contributed by atoms with van der Waals surface area (Å²) in [7, 11) is 0. The predicted molar refractivity (Wildman–Crippen MR) is 116 cm³/mol. The van der Waals surface area contributed by atoms with E-state index in [1.807, 2.05) is 60.7 Å². The van der Waals surface area contributed by atoms with Crippen molar-refractivity contribution in [1.29, 1.82) is 5.26 Å². The molecule has 1 fully saturated rings. The van der Waals surface area contributed by atoms with Gasteiger partial charge in [0.2, 0.25) is 0 Å². The lowest BCUT2D eigenvalue weighted by atomic mass is 9.75. The summed E-state index contributed by atoms with van der Waals surface area (Å²) in [5, 5.41) is 14.2. The van der Waals surface area contributed by atoms with Crippen molar-refractivity contribution in [2.45, 2.75) is 32.1 Å². The second-order valence-electron chi connectivity index (χ2n) is 7.70. The SMILES string of the molecule is N#CC1(C(=O)NNC(=O)c2cn(-c3ccccc3)nc2-c2ccccc2)CCCCC1. The standard InChI is InChI=1S/C24H23N5O2/c25-17-24(14-8-3-9-15-24)23(31)27-26-22(30)20-16-29(19-12-6-2-7-13-19)28-21(20)18-10-4-1-5-11-18/h1-2,4-7,10-13,16H,3,8-9,14-15H2,(H,26,30)(H,27,31). The second kappa shape index (κ2) is 8.84. The lowest BCUT2D eigenvalue weighted by Gasteiger charge is -2.28. The third kappa shape index (κ3) is 4.19. The van der Waals surface area contributed by atoms with Crippen molar-refractivity contribution < 1.29 is 9.59 Å². The summed E-state index contributed by atoms with van der Waals surface area (Å²) in [6.45, 7) is 0. The molecular formula is C24H23N5O2. The number of benzene rings is 2. The summed E-state index contributed by atoms with van der Waals surface area (Å²) in [6, 6.07) is 21.0. The number of nitrogens with one attached hydrogen (secondary N) is 2. The summed E-state index contributed by atoms with van der Waals surface area (Å²) in [4.78, 5) is 25.7. The van der Waals surface area contributed by atoms with E-state index >= 15 is 0 Å². The number of para-hydroxylation sites is 1. The fraction of sp³-hybridized carbons (Fsp3) is 0.250. The van der Waals surface area contributed by atoms with Crippen molar-refractivity contribution in [2.75, 3.05) is 0 Å². The van der Waals surface area contributed by atoms with Crippen LogP contribution in [0, 0.1) is 16.7 Å². The van der Waals surface area contributed by atoms with E-state index in [1.165, 1.54) is 0 Å². The maximum Gasteiger partial charge on any atom is 0.273 e. The zero-order valence-electron chi connectivity index (χ0n) is 17.0. The lowest BCUT2D eigenvalue weighted by molar-refractivity contribution is -0.130. The van der Waals surface area contributed by atoms with Crippen LogP contribution in [0.1, 0.15) is 42.5 Å². The van der Waals surface area contributed by atoms with Gasteiger partial charge in [-0.05, 0) is 25.0 Å². The highest BCUT2D eigenvalue weighted by atomic mass is 16.2. The van der Waals surface area contributed by atoms with Gasteiger partial charge in [0.1, 0.15) is 11.1 Å². The Balaban J connectivity index is 1.59. The number of nitriles is 1. The molecule has 1 aliphatic rings. The Morgan fingerprint density at radius 3 is 2.23 bits per heavy atom. The largest absolute Gasteiger partial charge is 0.273 e. The minimum atomic E-state index is -1.08. The fourth-order valence-corrected chi connectivity index (χ4v) is 3.91. The van der Waals surface area contributed by atoms with E-state index in [1.54, 1.807) is 10.9 Å². The minimum Gasteiger partial charge on any atom is -0.271 e. The molecule has 1 saturated carbocycles. The summed E-state index contributed by atoms with van der Waals surface area (Å²) in [6.07, 6.45) is 5.33. The van der Waals surface area contributed by atoms with E-state index in [2.05, 4.69) is 22.0 Å². The average Bonchev–Trinajstić information content (AvgIpc) is 3.29. The Morgan fingerprint density at radius 2 is 1.58 bits per heavy atom. The molecule has 0 aliphatic heterocycles. The van der Waals surface area contributed by atoms with Crippen LogP contribution < -0.4 is 10.9 Å². The second-order valence-corrected chi connectivity index (χ2v) is 7.70. The molecule has 31 heavy (non-hydrogen) atoms. The maximum atomic E-state index is 13.0. The van der Waals surface area contributed by atoms with Gasteiger partial charge in [-0.1, -0.05) is 67.8 Å². The van der Waals surface area contributed by atoms with Gasteiger partial charge >= 0.3 is 0 Å². The van der Waals surface area contributed by atoms with E-state index in [-0.39, 0.29) is 0 Å². The Hall–Kier alpha value is -3.92. The number of nitrogens with zero attached hydrogens (tertiary/aromatic N) is 3. The molecule has 1 heterocycles. The van der Waals surface area contributed by atoms with Crippen LogP contribution in [0.15, 0.2) is 66.9 Å². The number of hydrogen-bond acceptors (Lipinski definition) is 4. The molecule has 0 bridgehead atoms. The number of hydrogen-bond donors (Lipinski definition) is 2. The molecule has 3 aromatic rings. The van der Waals surface area contributed by atoms with Gasteiger partial charge in [-0.2, -0.15) is 10.4 Å². The van der Waals surface area contributed by atoms with E-state index in [9.17, 15) is 14.9 Å². The Kier molecular flexibility index (Phi) is 5.80. The van der Waals surface area contributed by atoms with E-state index in [4.69, 9.17) is 0 Å². The highest BCUT2D eigenvalue weighted by Gasteiger charge is 2.40. The monoisotopic (exact) mass is 413 g/mol. The zero-order chi connectivity index (χ0) is 21.7. The van der Waals surface area contributed by atoms with Crippen molar-refractivity contribution in [1.82, 2.24) is 20.6 Å². The molecule has 156 valence electrons. The molecule has 0 saturated heterocycles. The van der Waals surface area contributed by atoms with Gasteiger partial charge < -0.3 is 0 Å². The van der Waals surface area contributed by atoms with Crippen LogP contribution in [-0.2, 0) is 4.79 Å². The van der Waals surface area contributed by atoms with Crippen LogP contribution in [0.3, 0.4) is 0 Å². The minimum absolute atomic E-state index is 0.324. The van der Waals surface area contributed by atoms with Crippen LogP contribution in [0.25, 0.3) is 16.9 Å². The topological polar surface area (TPSA) is 99.8 Å². The Bertz CT molecular complexity index is 1110. The normalized spacial score (nSPS) is 14.9. The first-order valence-corrected chi connectivity index (χ1v) is 10.4. The molecule has 2 aromatic carbocycles. The number of rotatable bonds is 4. The fourth-order valence-electron chi connectivity index (χ4n) is 3.91. The highest BCUT2D eigenvalue weighted by Crippen LogP contribution is 2.35. The number of carbonyl (C=O) groups excluding carboxylic acids is 2. The molecule has 0 spiro atoms. The molecule has 1 aliphatic carbocycles. The molecule has 2 N–H and O–H groups in total. The predicted octanol–water partition coefficient (Wildman–Crippen LogP) is 3.77. The number of carbonyl (C=O) groups is 2. The Morgan fingerprint density at radius 1 is 0.935 bits per heavy atom. The molecular weight excluding hydrogens is 390 g/mol. The van der Waals surface area contributed by atoms with E-state index in [0.29, 0.717) is 24.1 Å². The summed E-state index contributed by atoms with van der Waals surface area (Å²) >= 11 is 0. The van der Waals surface area contributed by atoms with Gasteiger partial charge in [-0.15, -0.1) is 0 Å². The zero-order valence-corrected chi connectivity index (χ0v) is 17.0. The quantitative estimate of drug-likeness (QED) is 0.636. The van der Waals surface area contributed by atoms with Crippen molar-refractivity contribution in [3.8, 4) is 23.0 Å². The number of aromatic nitrogens is 2. The van der Waals surface area contributed by atoms with Crippen molar-refractivity contribution >= 4 is 11.8 Å². The van der Waals surface area contributed by atoms with Crippen LogP contribution in [0.2, 0.25) is 0 Å². The van der Waals surface area contributed by atoms with E-state index in [0.717, 1.165) is 30.5 Å². The highest BCUT2D eigenvalue weighted by molar-refractivity contribution is 6.01. The molecule has 0 radical (unpaired) electrons. The van der Waals surface area contributed by atoms with Gasteiger partial charge in [0.25, 0.3) is 11.8 Å².